The maximum atomic E-state index is 11.6. The molecule has 2 aromatic rings. The molecule has 1 amide bonds. The van der Waals surface area contributed by atoms with Crippen LogP contribution in [0.15, 0.2) is 34.0 Å². The van der Waals surface area contributed by atoms with Gasteiger partial charge in [0.05, 0.1) is 13.2 Å². The third kappa shape index (κ3) is 4.19. The Hall–Kier alpha value is -3.07. The summed E-state index contributed by atoms with van der Waals surface area (Å²) in [7, 11) is 1.85. The van der Waals surface area contributed by atoms with E-state index in [0.717, 1.165) is 5.82 Å². The molecule has 154 valence electrons. The molecule has 9 nitrogen and oxygen atoms in total. The van der Waals surface area contributed by atoms with Gasteiger partial charge in [0.2, 0.25) is 5.95 Å². The van der Waals surface area contributed by atoms with Crippen LogP contribution in [-0.4, -0.2) is 49.2 Å². The van der Waals surface area contributed by atoms with Gasteiger partial charge in [-0.25, -0.2) is 4.98 Å². The van der Waals surface area contributed by atoms with Crippen LogP contribution in [-0.2, 0) is 4.74 Å². The monoisotopic (exact) mass is 398 g/mol. The number of ether oxygens (including phenoxy) is 1. The van der Waals surface area contributed by atoms with Crippen molar-refractivity contribution in [3.63, 3.8) is 0 Å². The number of primary amides is 1. The fraction of sp³-hybridized carbons (Fsp3) is 0.450. The molecule has 4 rings (SSSR count). The molecule has 2 aromatic heterocycles. The van der Waals surface area contributed by atoms with Crippen LogP contribution in [0.25, 0.3) is 11.1 Å². The Bertz CT molecular complexity index is 970. The van der Waals surface area contributed by atoms with E-state index in [9.17, 15) is 4.79 Å². The number of morpholine rings is 1. The first kappa shape index (κ1) is 19.3. The van der Waals surface area contributed by atoms with E-state index in [1.165, 1.54) is 18.4 Å². The Morgan fingerprint density at radius 2 is 2.07 bits per heavy atom. The number of carbonyl (C=O) groups is 1. The predicted molar refractivity (Wildman–Crippen MR) is 111 cm³/mol. The quantitative estimate of drug-likeness (QED) is 0.606. The summed E-state index contributed by atoms with van der Waals surface area (Å²) in [5, 5.41) is 6.42. The van der Waals surface area contributed by atoms with Gasteiger partial charge in [-0.2, -0.15) is 4.98 Å². The highest BCUT2D eigenvalue weighted by molar-refractivity contribution is 5.96. The maximum Gasteiger partial charge on any atom is 0.284 e. The van der Waals surface area contributed by atoms with Gasteiger partial charge >= 0.3 is 0 Å². The van der Waals surface area contributed by atoms with Crippen molar-refractivity contribution in [1.82, 2.24) is 15.3 Å². The first-order chi connectivity index (χ1) is 14.1. The summed E-state index contributed by atoms with van der Waals surface area (Å²) in [6.07, 6.45) is 6.67. The van der Waals surface area contributed by atoms with E-state index in [1.54, 1.807) is 6.07 Å². The molecule has 1 aliphatic heterocycles. The van der Waals surface area contributed by atoms with Crippen LogP contribution >= 0.6 is 0 Å². The molecule has 1 saturated heterocycles. The van der Waals surface area contributed by atoms with Crippen molar-refractivity contribution in [2.75, 3.05) is 43.6 Å². The minimum Gasteiger partial charge on any atom is -0.445 e. The maximum absolute atomic E-state index is 11.6. The third-order valence-corrected chi connectivity index (χ3v) is 5.12. The van der Waals surface area contributed by atoms with E-state index >= 15 is 0 Å². The van der Waals surface area contributed by atoms with Gasteiger partial charge in [0, 0.05) is 26.2 Å². The molecule has 2 fully saturated rings. The first-order valence-electron chi connectivity index (χ1n) is 9.85. The summed E-state index contributed by atoms with van der Waals surface area (Å²) in [6, 6.07) is 1.55. The van der Waals surface area contributed by atoms with Gasteiger partial charge in [-0.3, -0.25) is 4.79 Å². The van der Waals surface area contributed by atoms with Crippen molar-refractivity contribution in [3.05, 3.63) is 35.4 Å². The molecule has 29 heavy (non-hydrogen) atoms. The highest BCUT2D eigenvalue weighted by atomic mass is 16.5. The normalized spacial score (nSPS) is 18.2. The van der Waals surface area contributed by atoms with Crippen molar-refractivity contribution in [2.45, 2.75) is 19.8 Å². The van der Waals surface area contributed by atoms with Crippen LogP contribution in [0.1, 0.15) is 30.3 Å². The number of carbonyl (C=O) groups excluding carboxylic acids is 1. The first-order valence-corrected chi connectivity index (χ1v) is 9.85. The number of hydrogen-bond donors (Lipinski definition) is 3. The summed E-state index contributed by atoms with van der Waals surface area (Å²) >= 11 is 0. The lowest BCUT2D eigenvalue weighted by Crippen LogP contribution is -2.37. The molecule has 3 heterocycles. The summed E-state index contributed by atoms with van der Waals surface area (Å²) in [6.45, 7) is 4.61. The van der Waals surface area contributed by atoms with Crippen LogP contribution < -0.4 is 21.3 Å². The van der Waals surface area contributed by atoms with Crippen LogP contribution in [0.5, 0.6) is 0 Å². The number of allylic oxidation sites excluding steroid dienone is 3. The second kappa shape index (κ2) is 8.12. The number of furan rings is 1. The molecule has 4 N–H and O–H groups in total. The molecule has 0 aromatic carbocycles. The van der Waals surface area contributed by atoms with Crippen LogP contribution in [0.3, 0.4) is 0 Å². The van der Waals surface area contributed by atoms with Crippen molar-refractivity contribution in [3.8, 4) is 0 Å². The van der Waals surface area contributed by atoms with Crippen molar-refractivity contribution >= 4 is 28.8 Å². The largest absolute Gasteiger partial charge is 0.445 e. The molecule has 0 spiro atoms. The lowest BCUT2D eigenvalue weighted by molar-refractivity contribution is 0.0976. The number of hydrogen-bond acceptors (Lipinski definition) is 8. The van der Waals surface area contributed by atoms with Gasteiger partial charge in [-0.15, -0.1) is 0 Å². The zero-order valence-corrected chi connectivity index (χ0v) is 16.7. The van der Waals surface area contributed by atoms with Gasteiger partial charge in [0.15, 0.2) is 17.2 Å². The molecule has 9 heteroatoms. The molecule has 1 aliphatic carbocycles. The van der Waals surface area contributed by atoms with Crippen LogP contribution in [0, 0.1) is 5.92 Å². The molecule has 0 unspecified atom stereocenters. The Morgan fingerprint density at radius 1 is 1.31 bits per heavy atom. The summed E-state index contributed by atoms with van der Waals surface area (Å²) < 4.78 is 11.1. The minimum absolute atomic E-state index is 0.0651. The Morgan fingerprint density at radius 3 is 2.69 bits per heavy atom. The smallest absolute Gasteiger partial charge is 0.284 e. The fourth-order valence-corrected chi connectivity index (χ4v) is 3.39. The van der Waals surface area contributed by atoms with Gasteiger partial charge in [-0.1, -0.05) is 6.08 Å². The van der Waals surface area contributed by atoms with Crippen molar-refractivity contribution in [1.29, 1.82) is 0 Å². The molecule has 2 aliphatic rings. The molecule has 0 radical (unpaired) electrons. The van der Waals surface area contributed by atoms with Gasteiger partial charge in [0.1, 0.15) is 11.3 Å². The second-order valence-corrected chi connectivity index (χ2v) is 7.16. The van der Waals surface area contributed by atoms with Crippen molar-refractivity contribution in [2.24, 2.45) is 11.7 Å². The fourth-order valence-electron chi connectivity index (χ4n) is 3.39. The lowest BCUT2D eigenvalue weighted by atomic mass is 10.1. The van der Waals surface area contributed by atoms with E-state index in [1.807, 2.05) is 14.0 Å². The molecule has 0 atom stereocenters. The topological polar surface area (TPSA) is 119 Å². The Balaban J connectivity index is 1.71. The van der Waals surface area contributed by atoms with Crippen LogP contribution in [0.4, 0.5) is 11.8 Å². The third-order valence-electron chi connectivity index (χ3n) is 5.12. The highest BCUT2D eigenvalue weighted by Gasteiger charge is 2.25. The van der Waals surface area contributed by atoms with Crippen molar-refractivity contribution < 1.29 is 13.9 Å². The van der Waals surface area contributed by atoms with Gasteiger partial charge < -0.3 is 30.4 Å². The van der Waals surface area contributed by atoms with Crippen LogP contribution in [0.2, 0.25) is 0 Å². The summed E-state index contributed by atoms with van der Waals surface area (Å²) in [5.74, 6) is 1.90. The number of rotatable bonds is 7. The predicted octanol–water partition coefficient (Wildman–Crippen LogP) is 1.99. The van der Waals surface area contributed by atoms with Gasteiger partial charge in [0.25, 0.3) is 5.91 Å². The van der Waals surface area contributed by atoms with E-state index in [4.69, 9.17) is 14.9 Å². The highest BCUT2D eigenvalue weighted by Crippen LogP contribution is 2.37. The molecule has 1 saturated carbocycles. The van der Waals surface area contributed by atoms with E-state index < -0.39 is 5.91 Å². The average molecular weight is 398 g/mol. The minimum atomic E-state index is -0.636. The number of amides is 1. The Labute approximate surface area is 169 Å². The standard InChI is InChI=1S/C20H26N6O3/c1-3-12(13-4-5-13)10-16(22-2)24-20-23-14-11-15(18(21)27)29-17(14)19(25-20)26-6-8-28-9-7-26/h3,10-11,13,22H,4-9H2,1-2H3,(H2,21,27)(H,23,24,25)/b12-3+,16-10+. The number of nitrogens with two attached hydrogens (primary N) is 1. The number of fused-ring (bicyclic) bond motifs is 1. The number of aromatic nitrogens is 2. The zero-order chi connectivity index (χ0) is 20.4. The number of anilines is 2. The summed E-state index contributed by atoms with van der Waals surface area (Å²) in [4.78, 5) is 22.9. The summed E-state index contributed by atoms with van der Waals surface area (Å²) in [5.41, 5.74) is 7.66. The number of nitrogens with zero attached hydrogens (tertiary/aromatic N) is 3. The van der Waals surface area contributed by atoms with E-state index in [-0.39, 0.29) is 5.76 Å². The van der Waals surface area contributed by atoms with E-state index in [2.05, 4.69) is 37.7 Å². The second-order valence-electron chi connectivity index (χ2n) is 7.16. The van der Waals surface area contributed by atoms with E-state index in [0.29, 0.717) is 55.1 Å². The molecule has 0 bridgehead atoms. The van der Waals surface area contributed by atoms with Gasteiger partial charge in [-0.05, 0) is 37.3 Å². The average Bonchev–Trinajstić information content (AvgIpc) is 3.48. The molecular formula is C20H26N6O3. The molecular weight excluding hydrogens is 372 g/mol. The SMILES string of the molecule is C/C=C(\C=C(/NC)Nc1nc(N2CCOCC2)c2oc(C(N)=O)cc2n1)C1CC1. The Kier molecular flexibility index (Phi) is 5.39. The zero-order valence-electron chi connectivity index (χ0n) is 16.7. The number of nitrogens with one attached hydrogen (secondary N) is 2. The lowest BCUT2D eigenvalue weighted by Gasteiger charge is -2.27.